The molecule has 3 aromatic rings. The van der Waals surface area contributed by atoms with Gasteiger partial charge < -0.3 is 15.0 Å². The maximum absolute atomic E-state index is 13.7. The Bertz CT molecular complexity index is 1330. The summed E-state index contributed by atoms with van der Waals surface area (Å²) in [7, 11) is -4.44. The SMILES string of the molecule is CS(=O)(=O)c1nc2c(cc1C(F)(F)F)c1cc(C(F)(F)F)ccc1n2[C@@H]1CCCNC[C@H]1O. The van der Waals surface area contributed by atoms with Crippen LogP contribution in [0.4, 0.5) is 26.3 Å². The van der Waals surface area contributed by atoms with Crippen molar-refractivity contribution in [3.8, 4) is 0 Å². The molecule has 4 rings (SSSR count). The van der Waals surface area contributed by atoms with Gasteiger partial charge >= 0.3 is 12.4 Å². The van der Waals surface area contributed by atoms with Crippen molar-refractivity contribution in [3.63, 3.8) is 0 Å². The summed E-state index contributed by atoms with van der Waals surface area (Å²) in [5.74, 6) is 0. The molecule has 1 saturated heterocycles. The van der Waals surface area contributed by atoms with E-state index in [2.05, 4.69) is 10.3 Å². The van der Waals surface area contributed by atoms with Crippen LogP contribution in [0.3, 0.4) is 0 Å². The van der Waals surface area contributed by atoms with E-state index in [0.717, 1.165) is 18.2 Å². The van der Waals surface area contributed by atoms with Gasteiger partial charge in [0.15, 0.2) is 14.9 Å². The number of nitrogens with zero attached hydrogens (tertiary/aromatic N) is 2. The highest BCUT2D eigenvalue weighted by Gasteiger charge is 2.39. The first kappa shape index (κ1) is 23.8. The minimum Gasteiger partial charge on any atom is -0.390 e. The zero-order chi connectivity index (χ0) is 24.3. The van der Waals surface area contributed by atoms with Crippen LogP contribution < -0.4 is 5.32 Å². The lowest BCUT2D eigenvalue weighted by molar-refractivity contribution is -0.140. The molecule has 0 unspecified atom stereocenters. The number of sulfone groups is 1. The minimum absolute atomic E-state index is 0.121. The lowest BCUT2D eigenvalue weighted by Crippen LogP contribution is -2.31. The van der Waals surface area contributed by atoms with E-state index in [1.165, 1.54) is 4.57 Å². The number of nitrogens with one attached hydrogen (secondary N) is 1. The average Bonchev–Trinajstić information content (AvgIpc) is 2.84. The van der Waals surface area contributed by atoms with Gasteiger partial charge in [-0.2, -0.15) is 26.3 Å². The van der Waals surface area contributed by atoms with Crippen LogP contribution in [0.5, 0.6) is 0 Å². The van der Waals surface area contributed by atoms with Crippen molar-refractivity contribution in [2.24, 2.45) is 0 Å². The molecule has 2 atom stereocenters. The first-order valence-electron chi connectivity index (χ1n) is 9.91. The molecule has 13 heteroatoms. The Morgan fingerprint density at radius 3 is 2.39 bits per heavy atom. The maximum atomic E-state index is 13.7. The van der Waals surface area contributed by atoms with Gasteiger partial charge in [0.25, 0.3) is 0 Å². The highest BCUT2D eigenvalue weighted by molar-refractivity contribution is 7.90. The number of rotatable bonds is 2. The molecule has 1 aliphatic heterocycles. The molecule has 0 saturated carbocycles. The lowest BCUT2D eigenvalue weighted by atomic mass is 10.1. The molecule has 2 aromatic heterocycles. The van der Waals surface area contributed by atoms with E-state index in [0.29, 0.717) is 31.7 Å². The van der Waals surface area contributed by atoms with Crippen molar-refractivity contribution in [1.82, 2.24) is 14.9 Å². The number of hydrogen-bond donors (Lipinski definition) is 2. The van der Waals surface area contributed by atoms with Gasteiger partial charge in [-0.05, 0) is 43.7 Å². The van der Waals surface area contributed by atoms with Gasteiger partial charge in [-0.15, -0.1) is 0 Å². The normalized spacial score (nSPS) is 21.0. The molecule has 0 spiro atoms. The molecule has 33 heavy (non-hydrogen) atoms. The molecule has 1 fully saturated rings. The van der Waals surface area contributed by atoms with E-state index in [9.17, 15) is 39.9 Å². The molecule has 0 amide bonds. The average molecular weight is 495 g/mol. The van der Waals surface area contributed by atoms with Gasteiger partial charge in [0.05, 0.1) is 28.8 Å². The predicted octanol–water partition coefficient (Wildman–Crippen LogP) is 3.92. The van der Waals surface area contributed by atoms with E-state index in [1.54, 1.807) is 0 Å². The number of aliphatic hydroxyl groups excluding tert-OH is 1. The van der Waals surface area contributed by atoms with E-state index in [1.807, 2.05) is 0 Å². The van der Waals surface area contributed by atoms with Crippen molar-refractivity contribution in [3.05, 3.63) is 35.4 Å². The number of hydrogen-bond acceptors (Lipinski definition) is 5. The number of fused-ring (bicyclic) bond motifs is 3. The second-order valence-corrected chi connectivity index (χ2v) is 9.99. The van der Waals surface area contributed by atoms with Gasteiger partial charge in [-0.25, -0.2) is 13.4 Å². The molecule has 2 N–H and O–H groups in total. The van der Waals surface area contributed by atoms with Crippen molar-refractivity contribution in [2.75, 3.05) is 19.3 Å². The number of benzene rings is 1. The number of aliphatic hydroxyl groups is 1. The Labute approximate surface area is 184 Å². The number of β-amino-alcohol motifs (C(OH)–C–C–N with tert-alkyl or cyclic N) is 1. The van der Waals surface area contributed by atoms with Crippen LogP contribution in [-0.2, 0) is 22.2 Å². The van der Waals surface area contributed by atoms with Crippen LogP contribution in [0.1, 0.15) is 30.0 Å². The highest BCUT2D eigenvalue weighted by Crippen LogP contribution is 2.42. The van der Waals surface area contributed by atoms with Crippen molar-refractivity contribution >= 4 is 31.8 Å². The van der Waals surface area contributed by atoms with E-state index >= 15 is 0 Å². The molecule has 3 heterocycles. The van der Waals surface area contributed by atoms with Gasteiger partial charge in [0, 0.05) is 23.6 Å². The fraction of sp³-hybridized carbons (Fsp3) is 0.450. The third-order valence-corrected chi connectivity index (χ3v) is 6.72. The molecule has 6 nitrogen and oxygen atoms in total. The predicted molar refractivity (Wildman–Crippen MR) is 108 cm³/mol. The van der Waals surface area contributed by atoms with Crippen LogP contribution in [-0.4, -0.2) is 48.5 Å². The second kappa shape index (κ2) is 7.84. The van der Waals surface area contributed by atoms with Crippen LogP contribution in [0, 0.1) is 0 Å². The number of pyridine rings is 1. The summed E-state index contributed by atoms with van der Waals surface area (Å²) in [6.07, 6.45) is -9.38. The Hall–Kier alpha value is -2.38. The van der Waals surface area contributed by atoms with Crippen molar-refractivity contribution < 1.29 is 39.9 Å². The summed E-state index contributed by atoms with van der Waals surface area (Å²) in [5, 5.41) is 12.0. The summed E-state index contributed by atoms with van der Waals surface area (Å²) in [6, 6.07) is 2.41. The molecule has 0 radical (unpaired) electrons. The van der Waals surface area contributed by atoms with Crippen LogP contribution in [0.25, 0.3) is 21.9 Å². The highest BCUT2D eigenvalue weighted by atomic mass is 32.2. The fourth-order valence-corrected chi connectivity index (χ4v) is 5.08. The minimum atomic E-state index is -5.11. The van der Waals surface area contributed by atoms with Crippen LogP contribution >= 0.6 is 0 Å². The van der Waals surface area contributed by atoms with E-state index in [4.69, 9.17) is 0 Å². The van der Waals surface area contributed by atoms with Gasteiger partial charge in [0.2, 0.25) is 0 Å². The Balaban J connectivity index is 2.16. The molecule has 0 bridgehead atoms. The molecule has 0 aliphatic carbocycles. The van der Waals surface area contributed by atoms with Gasteiger partial charge in [-0.1, -0.05) is 0 Å². The number of halogens is 6. The summed E-state index contributed by atoms with van der Waals surface area (Å²) in [4.78, 5) is 3.82. The van der Waals surface area contributed by atoms with Crippen LogP contribution in [0.2, 0.25) is 0 Å². The van der Waals surface area contributed by atoms with Crippen molar-refractivity contribution in [2.45, 2.75) is 42.4 Å². The first-order chi connectivity index (χ1) is 15.2. The Morgan fingerprint density at radius 1 is 1.09 bits per heavy atom. The topological polar surface area (TPSA) is 84.2 Å². The Kier molecular flexibility index (Phi) is 5.65. The first-order valence-corrected chi connectivity index (χ1v) is 11.8. The zero-order valence-electron chi connectivity index (χ0n) is 17.1. The smallest absolute Gasteiger partial charge is 0.390 e. The van der Waals surface area contributed by atoms with Gasteiger partial charge in [0.1, 0.15) is 5.65 Å². The molecular weight excluding hydrogens is 476 g/mol. The zero-order valence-corrected chi connectivity index (χ0v) is 17.9. The third kappa shape index (κ3) is 4.28. The van der Waals surface area contributed by atoms with E-state index in [-0.39, 0.29) is 28.5 Å². The van der Waals surface area contributed by atoms with Crippen LogP contribution in [0.15, 0.2) is 29.3 Å². The van der Waals surface area contributed by atoms with E-state index < -0.39 is 50.5 Å². The maximum Gasteiger partial charge on any atom is 0.419 e. The standard InChI is InChI=1S/C20H19F6N3O3S/c1-33(31,32)18-13(20(24,25)26)8-12-11-7-10(19(21,22)23)4-5-14(11)29(17(12)28-18)15-3-2-6-27-9-16(15)30/h4-5,7-8,15-16,27,30H,2-3,6,9H2,1H3/t15-,16-/m1/s1. The van der Waals surface area contributed by atoms with Gasteiger partial charge in [-0.3, -0.25) is 0 Å². The molecule has 180 valence electrons. The monoisotopic (exact) mass is 495 g/mol. The van der Waals surface area contributed by atoms with Crippen molar-refractivity contribution in [1.29, 1.82) is 0 Å². The quantitative estimate of drug-likeness (QED) is 0.527. The molecular formula is C20H19F6N3O3S. The summed E-state index contributed by atoms with van der Waals surface area (Å²) < 4.78 is 107. The lowest BCUT2D eigenvalue weighted by Gasteiger charge is -2.24. The second-order valence-electron chi connectivity index (χ2n) is 8.06. The summed E-state index contributed by atoms with van der Waals surface area (Å²) in [6.45, 7) is 0.704. The Morgan fingerprint density at radius 2 is 1.79 bits per heavy atom. The summed E-state index contributed by atoms with van der Waals surface area (Å²) >= 11 is 0. The molecule has 1 aromatic carbocycles. The number of aromatic nitrogens is 2. The number of alkyl halides is 6. The third-order valence-electron chi connectivity index (χ3n) is 5.71. The largest absolute Gasteiger partial charge is 0.419 e. The molecule has 1 aliphatic rings. The summed E-state index contributed by atoms with van der Waals surface area (Å²) in [5.41, 5.74) is -2.74. The fourth-order valence-electron chi connectivity index (χ4n) is 4.26.